The first-order valence-electron chi connectivity index (χ1n) is 22.9. The van der Waals surface area contributed by atoms with Crippen molar-refractivity contribution in [3.63, 3.8) is 0 Å². The van der Waals surface area contributed by atoms with Crippen molar-refractivity contribution >= 4 is 121 Å². The van der Waals surface area contributed by atoms with Crippen molar-refractivity contribution in [2.75, 3.05) is 21.3 Å². The fourth-order valence-corrected chi connectivity index (χ4v) is 8.31. The number of carbonyl (C=O) groups excluding carboxylic acids is 6. The molecule has 0 atom stereocenters. The number of fused-ring (bicyclic) bond motifs is 3. The molecule has 0 aliphatic carbocycles. The number of rotatable bonds is 12. The van der Waals surface area contributed by atoms with Crippen LogP contribution in [0.4, 0.5) is 0 Å². The number of esters is 6. The van der Waals surface area contributed by atoms with E-state index in [1.54, 1.807) is 57.7 Å². The van der Waals surface area contributed by atoms with E-state index in [1.165, 1.54) is 36.4 Å². The van der Waals surface area contributed by atoms with Crippen molar-refractivity contribution in [3.05, 3.63) is 193 Å². The topological polar surface area (TPSA) is 205 Å². The van der Waals surface area contributed by atoms with Gasteiger partial charge in [0.2, 0.25) is 0 Å². The van der Waals surface area contributed by atoms with Crippen LogP contribution in [0, 0.1) is 20.8 Å². The van der Waals surface area contributed by atoms with Gasteiger partial charge in [0.15, 0.2) is 0 Å². The van der Waals surface area contributed by atoms with Crippen molar-refractivity contribution in [1.82, 2.24) is 15.0 Å². The molecule has 0 bridgehead atoms. The summed E-state index contributed by atoms with van der Waals surface area (Å²) in [6, 6.07) is 35.2. The number of carbonyl (C=O) groups is 6. The maximum atomic E-state index is 12.2. The fraction of sp³-hybridized carbons (Fsp3) is 0.158. The molecule has 3 aromatic heterocycles. The standard InChI is InChI=1S/3C19H16ClNO4.Al/c3*1-11-15(16-9-14(24-2)7-8-17(16)21-11)10-18(22)25-19(23)12-3-5-13(20)6-4-12;/h3*3-9,21H,10H2,1-2H3;. The summed E-state index contributed by atoms with van der Waals surface area (Å²) in [5.74, 6) is -1.87. The summed E-state index contributed by atoms with van der Waals surface area (Å²) in [5.41, 5.74) is 8.38. The molecule has 3 heterocycles. The summed E-state index contributed by atoms with van der Waals surface area (Å²) in [6.45, 7) is 5.61. The maximum absolute atomic E-state index is 12.2. The van der Waals surface area contributed by atoms with E-state index in [4.69, 9.17) is 63.2 Å². The summed E-state index contributed by atoms with van der Waals surface area (Å²) in [6.07, 6.45) is -0.0466. The molecule has 0 aliphatic rings. The van der Waals surface area contributed by atoms with Gasteiger partial charge in [0, 0.05) is 82.2 Å². The van der Waals surface area contributed by atoms with E-state index in [0.717, 1.165) is 66.5 Å². The third kappa shape index (κ3) is 14.5. The van der Waals surface area contributed by atoms with Gasteiger partial charge in [-0.15, -0.1) is 0 Å². The lowest BCUT2D eigenvalue weighted by Crippen LogP contribution is -2.15. The second kappa shape index (κ2) is 26.1. The van der Waals surface area contributed by atoms with Gasteiger partial charge in [-0.25, -0.2) is 14.4 Å². The van der Waals surface area contributed by atoms with Crippen LogP contribution in [0.1, 0.15) is 64.8 Å². The SMILES string of the molecule is COc1ccc2[nH]c(C)c(CC(=O)OC(=O)c3ccc(Cl)cc3)c2c1.COc1ccc2[nH]c(C)c(CC(=O)OC(=O)c3ccc(Cl)cc3)c2c1.COc1ccc2[nH]c(C)c(CC(=O)OC(=O)c3ccc(Cl)cc3)c2c1.[Al]. The predicted molar refractivity (Wildman–Crippen MR) is 291 cm³/mol. The van der Waals surface area contributed by atoms with Crippen LogP contribution in [0.3, 0.4) is 0 Å². The van der Waals surface area contributed by atoms with Gasteiger partial charge in [-0.2, -0.15) is 0 Å². The Labute approximate surface area is 461 Å². The van der Waals surface area contributed by atoms with Gasteiger partial charge in [-0.3, -0.25) is 14.4 Å². The molecule has 0 spiro atoms. The van der Waals surface area contributed by atoms with Gasteiger partial charge in [0.1, 0.15) is 17.2 Å². The molecule has 76 heavy (non-hydrogen) atoms. The molecule has 0 aliphatic heterocycles. The van der Waals surface area contributed by atoms with Gasteiger partial charge in [0.05, 0.1) is 57.3 Å². The van der Waals surface area contributed by atoms with E-state index in [0.29, 0.717) is 32.3 Å². The lowest BCUT2D eigenvalue weighted by molar-refractivity contribution is -0.138. The van der Waals surface area contributed by atoms with Crippen molar-refractivity contribution in [2.45, 2.75) is 40.0 Å². The Morgan fingerprint density at radius 1 is 0.382 bits per heavy atom. The summed E-state index contributed by atoms with van der Waals surface area (Å²) in [7, 11) is 4.75. The highest BCUT2D eigenvalue weighted by Crippen LogP contribution is 2.30. The van der Waals surface area contributed by atoms with E-state index >= 15 is 0 Å². The highest BCUT2D eigenvalue weighted by atomic mass is 35.5. The van der Waals surface area contributed by atoms with Gasteiger partial charge in [-0.05, 0) is 165 Å². The molecule has 19 heteroatoms. The Kier molecular flexibility index (Phi) is 19.7. The average Bonchev–Trinajstić information content (AvgIpc) is 4.00. The van der Waals surface area contributed by atoms with Crippen LogP contribution in [0.25, 0.3) is 32.7 Å². The van der Waals surface area contributed by atoms with Gasteiger partial charge >= 0.3 is 35.8 Å². The Morgan fingerprint density at radius 3 is 0.842 bits per heavy atom. The number of hydrogen-bond donors (Lipinski definition) is 3. The van der Waals surface area contributed by atoms with Gasteiger partial charge in [-0.1, -0.05) is 34.8 Å². The van der Waals surface area contributed by atoms with Crippen LogP contribution >= 0.6 is 34.8 Å². The molecule has 3 radical (unpaired) electrons. The Balaban J connectivity index is 0.000000184. The zero-order chi connectivity index (χ0) is 53.9. The van der Waals surface area contributed by atoms with Crippen LogP contribution in [-0.4, -0.2) is 89.5 Å². The van der Waals surface area contributed by atoms with Crippen molar-refractivity contribution in [1.29, 1.82) is 0 Å². The molecule has 3 N–H and O–H groups in total. The van der Waals surface area contributed by atoms with Crippen molar-refractivity contribution < 1.29 is 57.2 Å². The zero-order valence-electron chi connectivity index (χ0n) is 41.9. The maximum Gasteiger partial charge on any atom is 0.345 e. The largest absolute Gasteiger partial charge is 0.497 e. The second-order valence-corrected chi connectivity index (χ2v) is 18.1. The lowest BCUT2D eigenvalue weighted by atomic mass is 10.1. The molecule has 0 amide bonds. The number of aryl methyl sites for hydroxylation is 3. The van der Waals surface area contributed by atoms with E-state index in [2.05, 4.69) is 15.0 Å². The van der Waals surface area contributed by atoms with Crippen molar-refractivity contribution in [2.24, 2.45) is 0 Å². The van der Waals surface area contributed by atoms with E-state index < -0.39 is 35.8 Å². The van der Waals surface area contributed by atoms with Crippen LogP contribution in [-0.2, 0) is 47.9 Å². The van der Waals surface area contributed by atoms with Crippen molar-refractivity contribution in [3.8, 4) is 17.2 Å². The molecule has 0 fully saturated rings. The first-order chi connectivity index (χ1) is 35.9. The Morgan fingerprint density at radius 2 is 0.618 bits per heavy atom. The van der Waals surface area contributed by atoms with E-state index in [-0.39, 0.29) is 53.3 Å². The number of hydrogen-bond acceptors (Lipinski definition) is 12. The average molecular weight is 1100 g/mol. The molecule has 9 rings (SSSR count). The number of aromatic nitrogens is 3. The Bertz CT molecular complexity index is 3210. The number of H-pyrrole nitrogens is 3. The van der Waals surface area contributed by atoms with E-state index in [1.807, 2.05) is 75.4 Å². The normalized spacial score (nSPS) is 10.5. The first kappa shape index (κ1) is 57.4. The predicted octanol–water partition coefficient (Wildman–Crippen LogP) is 11.8. The minimum atomic E-state index is -0.697. The number of benzene rings is 6. The minimum Gasteiger partial charge on any atom is -0.497 e. The Hall–Kier alpha value is -7.84. The first-order valence-corrected chi connectivity index (χ1v) is 24.0. The fourth-order valence-electron chi connectivity index (χ4n) is 7.93. The minimum absolute atomic E-state index is 0. The second-order valence-electron chi connectivity index (χ2n) is 16.8. The van der Waals surface area contributed by atoms with Crippen LogP contribution in [0.15, 0.2) is 127 Å². The van der Waals surface area contributed by atoms with Crippen LogP contribution < -0.4 is 14.2 Å². The molecular formula is C57H48AlCl3N3O12. The molecule has 0 saturated carbocycles. The smallest absolute Gasteiger partial charge is 0.345 e. The number of ether oxygens (including phenoxy) is 6. The number of halogens is 3. The molecular weight excluding hydrogens is 1050 g/mol. The highest BCUT2D eigenvalue weighted by molar-refractivity contribution is 6.31. The summed E-state index contributed by atoms with van der Waals surface area (Å²) < 4.78 is 30.5. The quantitative estimate of drug-likeness (QED) is 0.0452. The number of methoxy groups -OCH3 is 3. The molecule has 387 valence electrons. The molecule has 0 saturated heterocycles. The van der Waals surface area contributed by atoms with Crippen LogP contribution in [0.5, 0.6) is 17.2 Å². The molecule has 0 unspecified atom stereocenters. The molecule has 6 aromatic carbocycles. The summed E-state index contributed by atoms with van der Waals surface area (Å²) >= 11 is 17.3. The van der Waals surface area contributed by atoms with Crippen LogP contribution in [0.2, 0.25) is 15.1 Å². The molecule has 9 aromatic rings. The third-order valence-electron chi connectivity index (χ3n) is 11.8. The molecule has 15 nitrogen and oxygen atoms in total. The number of aromatic amines is 3. The monoisotopic (exact) mass is 1100 g/mol. The lowest BCUT2D eigenvalue weighted by Gasteiger charge is -2.05. The van der Waals surface area contributed by atoms with E-state index in [9.17, 15) is 28.8 Å². The number of nitrogens with one attached hydrogen (secondary N) is 3. The van der Waals surface area contributed by atoms with Gasteiger partial charge in [0.25, 0.3) is 0 Å². The highest BCUT2D eigenvalue weighted by Gasteiger charge is 2.21. The summed E-state index contributed by atoms with van der Waals surface area (Å²) in [5, 5.41) is 4.12. The zero-order valence-corrected chi connectivity index (χ0v) is 45.3. The third-order valence-corrected chi connectivity index (χ3v) is 12.6. The van der Waals surface area contributed by atoms with Gasteiger partial charge < -0.3 is 43.4 Å². The summed E-state index contributed by atoms with van der Waals surface area (Å²) in [4.78, 5) is 82.3.